The number of hydrogen-bond acceptors (Lipinski definition) is 0. The van der Waals surface area contributed by atoms with E-state index in [-0.39, 0.29) is 5.38 Å². The van der Waals surface area contributed by atoms with Crippen molar-refractivity contribution < 1.29 is 0 Å². The summed E-state index contributed by atoms with van der Waals surface area (Å²) in [5.41, 5.74) is 2.13. The molecule has 0 saturated heterocycles. The van der Waals surface area contributed by atoms with Gasteiger partial charge in [0.25, 0.3) is 0 Å². The second-order valence-electron chi connectivity index (χ2n) is 3.47. The van der Waals surface area contributed by atoms with Crippen molar-refractivity contribution in [3.8, 4) is 0 Å². The third kappa shape index (κ3) is 2.79. The highest BCUT2D eigenvalue weighted by atomic mass is 79.9. The van der Waals surface area contributed by atoms with Gasteiger partial charge in [-0.2, -0.15) is 0 Å². The quantitative estimate of drug-likeness (QED) is 0.648. The van der Waals surface area contributed by atoms with Gasteiger partial charge in [0.15, 0.2) is 0 Å². The van der Waals surface area contributed by atoms with Crippen LogP contribution in [0.3, 0.4) is 0 Å². The Morgan fingerprint density at radius 3 is 1.75 bits per heavy atom. The predicted octanol–water partition coefficient (Wildman–Crippen LogP) is 5.43. The van der Waals surface area contributed by atoms with Gasteiger partial charge in [0, 0.05) is 9.50 Å². The second kappa shape index (κ2) is 5.22. The minimum absolute atomic E-state index is 0.134. The highest BCUT2D eigenvalue weighted by Gasteiger charge is 2.09. The van der Waals surface area contributed by atoms with Crippen molar-refractivity contribution >= 4 is 39.1 Å². The number of benzene rings is 2. The molecule has 0 fully saturated rings. The molecule has 0 unspecified atom stereocenters. The molecule has 0 aliphatic rings. The Morgan fingerprint density at radius 2 is 1.25 bits per heavy atom. The van der Waals surface area contributed by atoms with Crippen LogP contribution in [0.4, 0.5) is 0 Å². The van der Waals surface area contributed by atoms with Gasteiger partial charge < -0.3 is 0 Å². The van der Waals surface area contributed by atoms with Crippen LogP contribution in [0.5, 0.6) is 0 Å². The van der Waals surface area contributed by atoms with E-state index >= 15 is 0 Å². The first-order valence-corrected chi connectivity index (χ1v) is 6.42. The zero-order valence-corrected chi connectivity index (χ0v) is 11.4. The van der Waals surface area contributed by atoms with Crippen LogP contribution in [0.25, 0.3) is 0 Å². The maximum Gasteiger partial charge on any atom is 0.0835 e. The first-order valence-electron chi connectivity index (χ1n) is 4.82. The molecule has 82 valence electrons. The standard InChI is InChI=1S/C13H9BrCl2/c14-11-5-1-9(2-6-11)13(16)10-3-7-12(15)8-4-10/h1-8,13H/t13-/m1/s1. The van der Waals surface area contributed by atoms with Crippen LogP contribution in [0.15, 0.2) is 53.0 Å². The van der Waals surface area contributed by atoms with E-state index in [1.54, 1.807) is 0 Å². The third-order valence-corrected chi connectivity index (χ3v) is 3.61. The van der Waals surface area contributed by atoms with Gasteiger partial charge in [-0.15, -0.1) is 11.6 Å². The Kier molecular flexibility index (Phi) is 3.91. The van der Waals surface area contributed by atoms with Crippen LogP contribution in [-0.2, 0) is 0 Å². The SMILES string of the molecule is Clc1ccc([C@H](Cl)c2ccc(Br)cc2)cc1. The fraction of sp³-hybridized carbons (Fsp3) is 0.0769. The molecule has 0 heterocycles. The fourth-order valence-electron chi connectivity index (χ4n) is 1.46. The molecular weight excluding hydrogens is 307 g/mol. The summed E-state index contributed by atoms with van der Waals surface area (Å²) in [5, 5.41) is 0.591. The van der Waals surface area contributed by atoms with E-state index in [2.05, 4.69) is 15.9 Å². The number of alkyl halides is 1. The second-order valence-corrected chi connectivity index (χ2v) is 5.25. The summed E-state index contributed by atoms with van der Waals surface area (Å²) in [4.78, 5) is 0. The summed E-state index contributed by atoms with van der Waals surface area (Å²) in [6.45, 7) is 0. The van der Waals surface area contributed by atoms with Gasteiger partial charge in [0.05, 0.1) is 5.38 Å². The number of hydrogen-bond donors (Lipinski definition) is 0. The van der Waals surface area contributed by atoms with Crippen LogP contribution >= 0.6 is 39.1 Å². The minimum Gasteiger partial charge on any atom is -0.113 e. The van der Waals surface area contributed by atoms with E-state index in [1.807, 2.05) is 48.5 Å². The molecule has 0 aliphatic carbocycles. The lowest BCUT2D eigenvalue weighted by atomic mass is 10.0. The van der Waals surface area contributed by atoms with E-state index in [4.69, 9.17) is 23.2 Å². The van der Waals surface area contributed by atoms with Gasteiger partial charge in [-0.3, -0.25) is 0 Å². The first-order chi connectivity index (χ1) is 7.66. The van der Waals surface area contributed by atoms with E-state index in [0.29, 0.717) is 0 Å². The molecule has 0 aromatic heterocycles. The van der Waals surface area contributed by atoms with Crippen LogP contribution in [0, 0.1) is 0 Å². The average molecular weight is 316 g/mol. The van der Waals surface area contributed by atoms with Crippen LogP contribution in [0.1, 0.15) is 16.5 Å². The maximum absolute atomic E-state index is 6.38. The minimum atomic E-state index is -0.134. The molecule has 16 heavy (non-hydrogen) atoms. The molecule has 0 spiro atoms. The van der Waals surface area contributed by atoms with Crippen LogP contribution in [0.2, 0.25) is 5.02 Å². The molecule has 0 nitrogen and oxygen atoms in total. The molecule has 2 rings (SSSR count). The van der Waals surface area contributed by atoms with Crippen LogP contribution in [-0.4, -0.2) is 0 Å². The molecule has 0 bridgehead atoms. The smallest absolute Gasteiger partial charge is 0.0835 e. The number of rotatable bonds is 2. The molecule has 0 radical (unpaired) electrons. The summed E-state index contributed by atoms with van der Waals surface area (Å²) in [6.07, 6.45) is 0. The predicted molar refractivity (Wildman–Crippen MR) is 73.3 cm³/mol. The Morgan fingerprint density at radius 1 is 0.812 bits per heavy atom. The molecular formula is C13H9BrCl2. The van der Waals surface area contributed by atoms with E-state index in [9.17, 15) is 0 Å². The Labute approximate surface area is 113 Å². The van der Waals surface area contributed by atoms with Crippen molar-refractivity contribution in [2.45, 2.75) is 5.38 Å². The van der Waals surface area contributed by atoms with Gasteiger partial charge in [0.2, 0.25) is 0 Å². The topological polar surface area (TPSA) is 0 Å². The lowest BCUT2D eigenvalue weighted by molar-refractivity contribution is 1.14. The summed E-state index contributed by atoms with van der Waals surface area (Å²) < 4.78 is 1.05. The Bertz CT molecular complexity index is 417. The molecule has 0 N–H and O–H groups in total. The number of halogens is 3. The van der Waals surface area contributed by atoms with Gasteiger partial charge in [0.1, 0.15) is 0 Å². The van der Waals surface area contributed by atoms with E-state index in [1.165, 1.54) is 0 Å². The van der Waals surface area contributed by atoms with Crippen molar-refractivity contribution in [3.63, 3.8) is 0 Å². The molecule has 3 heteroatoms. The highest BCUT2D eigenvalue weighted by Crippen LogP contribution is 2.30. The zero-order chi connectivity index (χ0) is 11.5. The third-order valence-electron chi connectivity index (χ3n) is 2.33. The van der Waals surface area contributed by atoms with Crippen molar-refractivity contribution in [1.29, 1.82) is 0 Å². The summed E-state index contributed by atoms with van der Waals surface area (Å²) in [6, 6.07) is 15.6. The molecule has 0 amide bonds. The highest BCUT2D eigenvalue weighted by molar-refractivity contribution is 9.10. The van der Waals surface area contributed by atoms with E-state index < -0.39 is 0 Å². The maximum atomic E-state index is 6.38. The van der Waals surface area contributed by atoms with Crippen molar-refractivity contribution in [2.24, 2.45) is 0 Å². The molecule has 1 atom stereocenters. The Balaban J connectivity index is 2.28. The van der Waals surface area contributed by atoms with E-state index in [0.717, 1.165) is 20.6 Å². The molecule has 0 saturated carbocycles. The van der Waals surface area contributed by atoms with Gasteiger partial charge >= 0.3 is 0 Å². The zero-order valence-electron chi connectivity index (χ0n) is 8.33. The van der Waals surface area contributed by atoms with Gasteiger partial charge in [-0.05, 0) is 35.4 Å². The molecule has 0 aliphatic heterocycles. The van der Waals surface area contributed by atoms with Crippen molar-refractivity contribution in [2.75, 3.05) is 0 Å². The van der Waals surface area contributed by atoms with Gasteiger partial charge in [-0.25, -0.2) is 0 Å². The summed E-state index contributed by atoms with van der Waals surface area (Å²) in [5.74, 6) is 0. The van der Waals surface area contributed by atoms with Crippen molar-refractivity contribution in [1.82, 2.24) is 0 Å². The Hall–Kier alpha value is -0.500. The average Bonchev–Trinajstić information content (AvgIpc) is 2.30. The van der Waals surface area contributed by atoms with Gasteiger partial charge in [-0.1, -0.05) is 51.8 Å². The van der Waals surface area contributed by atoms with Crippen LogP contribution < -0.4 is 0 Å². The lowest BCUT2D eigenvalue weighted by Gasteiger charge is -2.10. The van der Waals surface area contributed by atoms with Crippen molar-refractivity contribution in [3.05, 3.63) is 69.2 Å². The summed E-state index contributed by atoms with van der Waals surface area (Å²) >= 11 is 15.6. The normalized spacial score (nSPS) is 12.4. The lowest BCUT2D eigenvalue weighted by Crippen LogP contribution is -1.92. The largest absolute Gasteiger partial charge is 0.113 e. The first kappa shape index (κ1) is 12.0. The molecule has 2 aromatic rings. The summed E-state index contributed by atoms with van der Waals surface area (Å²) in [7, 11) is 0. The monoisotopic (exact) mass is 314 g/mol. The fourth-order valence-corrected chi connectivity index (χ4v) is 2.14. The molecule has 2 aromatic carbocycles.